The molecule has 2 aromatic heterocycles. The zero-order valence-electron chi connectivity index (χ0n) is 19.6. The van der Waals surface area contributed by atoms with E-state index in [1.807, 2.05) is 23.1 Å². The highest BCUT2D eigenvalue weighted by Crippen LogP contribution is 2.45. The third-order valence-corrected chi connectivity index (χ3v) is 7.49. The number of alkyl halides is 3. The molecule has 3 aliphatic heterocycles. The van der Waals surface area contributed by atoms with E-state index in [1.54, 1.807) is 11.7 Å². The number of piperidine rings is 1. The molecule has 3 aliphatic rings. The number of ether oxygens (including phenoxy) is 1. The Morgan fingerprint density at radius 3 is 2.69 bits per heavy atom. The molecular weight excluding hydrogens is 459 g/mol. The number of fused-ring (bicyclic) bond motifs is 5. The highest BCUT2D eigenvalue weighted by molar-refractivity contribution is 5.95. The molecule has 5 heterocycles. The molecule has 2 unspecified atom stereocenters. The maximum Gasteiger partial charge on any atom is 0.435 e. The Bertz CT molecular complexity index is 1330. The molecular formula is C25H26F3N5O2. The first-order valence-electron chi connectivity index (χ1n) is 12.0. The van der Waals surface area contributed by atoms with Crippen LogP contribution in [0.25, 0.3) is 11.4 Å². The minimum absolute atomic E-state index is 0.0380. The molecule has 1 saturated heterocycles. The average molecular weight is 486 g/mol. The molecule has 1 aromatic carbocycles. The van der Waals surface area contributed by atoms with Gasteiger partial charge in [-0.1, -0.05) is 6.07 Å². The summed E-state index contributed by atoms with van der Waals surface area (Å²) in [7, 11) is 3.26. The second kappa shape index (κ2) is 7.86. The van der Waals surface area contributed by atoms with E-state index in [0.717, 1.165) is 60.7 Å². The maximum absolute atomic E-state index is 13.7. The van der Waals surface area contributed by atoms with Gasteiger partial charge in [0.2, 0.25) is 0 Å². The maximum atomic E-state index is 13.7. The van der Waals surface area contributed by atoms with Gasteiger partial charge in [-0.25, -0.2) is 0 Å². The third-order valence-electron chi connectivity index (χ3n) is 7.49. The van der Waals surface area contributed by atoms with E-state index in [4.69, 9.17) is 9.84 Å². The van der Waals surface area contributed by atoms with Crippen molar-refractivity contribution in [3.05, 3.63) is 52.3 Å². The Hall–Kier alpha value is -3.30. The molecule has 0 N–H and O–H groups in total. The lowest BCUT2D eigenvalue weighted by molar-refractivity contribution is -0.141. The van der Waals surface area contributed by atoms with Crippen molar-refractivity contribution >= 4 is 5.91 Å². The van der Waals surface area contributed by atoms with Gasteiger partial charge in [-0.3, -0.25) is 14.2 Å². The summed E-state index contributed by atoms with van der Waals surface area (Å²) in [5, 5.41) is 8.43. The fraction of sp³-hybridized carbons (Fsp3) is 0.480. The van der Waals surface area contributed by atoms with Crippen molar-refractivity contribution in [2.75, 3.05) is 6.61 Å². The van der Waals surface area contributed by atoms with Gasteiger partial charge in [0, 0.05) is 31.3 Å². The molecule has 0 saturated carbocycles. The SMILES string of the molecule is Cn1nc(C(F)(F)F)cc1-c1c2c(nn1C)C1CCCC(C2)N1C(=O)c1ccc2c(c1)OCCC2. The van der Waals surface area contributed by atoms with E-state index in [0.29, 0.717) is 30.0 Å². The van der Waals surface area contributed by atoms with Crippen LogP contribution in [0.4, 0.5) is 13.2 Å². The largest absolute Gasteiger partial charge is 0.493 e. The van der Waals surface area contributed by atoms with Crippen LogP contribution in [0.5, 0.6) is 5.75 Å². The highest BCUT2D eigenvalue weighted by Gasteiger charge is 2.44. The van der Waals surface area contributed by atoms with Gasteiger partial charge in [0.25, 0.3) is 5.91 Å². The number of benzene rings is 1. The second-order valence-electron chi connectivity index (χ2n) is 9.66. The number of amides is 1. The Kier molecular flexibility index (Phi) is 4.98. The number of rotatable bonds is 2. The van der Waals surface area contributed by atoms with E-state index in [-0.39, 0.29) is 18.0 Å². The van der Waals surface area contributed by atoms with Crippen LogP contribution < -0.4 is 4.74 Å². The number of carbonyl (C=O) groups is 1. The van der Waals surface area contributed by atoms with Gasteiger partial charge >= 0.3 is 6.18 Å². The quantitative estimate of drug-likeness (QED) is 0.538. The first-order chi connectivity index (χ1) is 16.7. The molecule has 2 atom stereocenters. The lowest BCUT2D eigenvalue weighted by Gasteiger charge is -2.45. The highest BCUT2D eigenvalue weighted by atomic mass is 19.4. The zero-order valence-corrected chi connectivity index (χ0v) is 19.6. The number of halogens is 3. The van der Waals surface area contributed by atoms with Gasteiger partial charge in [-0.15, -0.1) is 0 Å². The average Bonchev–Trinajstić information content (AvgIpc) is 3.36. The zero-order chi connectivity index (χ0) is 24.5. The number of aryl methyl sites for hydroxylation is 3. The minimum atomic E-state index is -4.52. The smallest absolute Gasteiger partial charge is 0.435 e. The Morgan fingerprint density at radius 2 is 1.91 bits per heavy atom. The second-order valence-corrected chi connectivity index (χ2v) is 9.66. The lowest BCUT2D eigenvalue weighted by atomic mass is 9.81. The number of hydrogen-bond acceptors (Lipinski definition) is 4. The molecule has 2 bridgehead atoms. The van der Waals surface area contributed by atoms with Gasteiger partial charge < -0.3 is 9.64 Å². The Balaban J connectivity index is 1.39. The molecule has 0 radical (unpaired) electrons. The van der Waals surface area contributed by atoms with Crippen molar-refractivity contribution in [3.63, 3.8) is 0 Å². The molecule has 10 heteroatoms. The molecule has 7 nitrogen and oxygen atoms in total. The summed E-state index contributed by atoms with van der Waals surface area (Å²) < 4.78 is 48.6. The number of aromatic nitrogens is 4. The predicted octanol–water partition coefficient (Wildman–Crippen LogP) is 4.46. The van der Waals surface area contributed by atoms with Gasteiger partial charge in [-0.05, 0) is 62.3 Å². The van der Waals surface area contributed by atoms with E-state index < -0.39 is 11.9 Å². The topological polar surface area (TPSA) is 65.2 Å². The van der Waals surface area contributed by atoms with Crippen LogP contribution in [0.1, 0.15) is 64.6 Å². The molecule has 1 fully saturated rings. The summed E-state index contributed by atoms with van der Waals surface area (Å²) in [5.74, 6) is 0.733. The molecule has 1 amide bonds. The Labute approximate surface area is 200 Å². The summed E-state index contributed by atoms with van der Waals surface area (Å²) in [6, 6.07) is 6.53. The molecule has 3 aromatic rings. The van der Waals surface area contributed by atoms with E-state index >= 15 is 0 Å². The number of hydrogen-bond donors (Lipinski definition) is 0. The van der Waals surface area contributed by atoms with Crippen LogP contribution in [0, 0.1) is 0 Å². The molecule has 0 aliphatic carbocycles. The third kappa shape index (κ3) is 3.52. The van der Waals surface area contributed by atoms with E-state index in [1.165, 1.54) is 11.7 Å². The standard InChI is InChI=1S/C25H26F3N5O2/c1-31-19(13-21(29-31)25(26,27)28)23-17-12-16-6-3-7-18(22(17)30-32(23)2)33(16)24(34)15-9-8-14-5-4-10-35-20(14)11-15/h8-9,11,13,16,18H,3-7,10,12H2,1-2H3. The number of carbonyl (C=O) groups excluding carboxylic acids is 1. The van der Waals surface area contributed by atoms with E-state index in [2.05, 4.69) is 5.10 Å². The molecule has 35 heavy (non-hydrogen) atoms. The molecule has 184 valence electrons. The normalized spacial score (nSPS) is 21.3. The summed E-state index contributed by atoms with van der Waals surface area (Å²) in [4.78, 5) is 15.7. The van der Waals surface area contributed by atoms with Gasteiger partial charge in [0.1, 0.15) is 5.75 Å². The fourth-order valence-corrected chi connectivity index (χ4v) is 5.92. The summed E-state index contributed by atoms with van der Waals surface area (Å²) >= 11 is 0. The summed E-state index contributed by atoms with van der Waals surface area (Å²) in [6.45, 7) is 0.656. The van der Waals surface area contributed by atoms with Crippen molar-refractivity contribution in [1.29, 1.82) is 0 Å². The van der Waals surface area contributed by atoms with Crippen LogP contribution in [0.3, 0.4) is 0 Å². The summed E-state index contributed by atoms with van der Waals surface area (Å²) in [6.07, 6.45) is 0.539. The molecule has 0 spiro atoms. The lowest BCUT2D eigenvalue weighted by Crippen LogP contribution is -2.49. The molecule has 6 rings (SSSR count). The van der Waals surface area contributed by atoms with Crippen LogP contribution in [-0.4, -0.2) is 43.0 Å². The summed E-state index contributed by atoms with van der Waals surface area (Å²) in [5.41, 5.74) is 3.50. The van der Waals surface area contributed by atoms with Crippen molar-refractivity contribution < 1.29 is 22.7 Å². The van der Waals surface area contributed by atoms with Crippen molar-refractivity contribution in [1.82, 2.24) is 24.5 Å². The van der Waals surface area contributed by atoms with Gasteiger partial charge in [0.15, 0.2) is 5.69 Å². The van der Waals surface area contributed by atoms with Crippen molar-refractivity contribution in [2.45, 2.75) is 56.8 Å². The van der Waals surface area contributed by atoms with Crippen LogP contribution >= 0.6 is 0 Å². The van der Waals surface area contributed by atoms with Crippen LogP contribution in [0.2, 0.25) is 0 Å². The number of nitrogens with zero attached hydrogens (tertiary/aromatic N) is 5. The monoisotopic (exact) mass is 485 g/mol. The Morgan fingerprint density at radius 1 is 1.09 bits per heavy atom. The van der Waals surface area contributed by atoms with Crippen molar-refractivity contribution in [2.24, 2.45) is 14.1 Å². The fourth-order valence-electron chi connectivity index (χ4n) is 5.92. The van der Waals surface area contributed by atoms with Gasteiger partial charge in [-0.2, -0.15) is 23.4 Å². The predicted molar refractivity (Wildman–Crippen MR) is 121 cm³/mol. The van der Waals surface area contributed by atoms with Gasteiger partial charge in [0.05, 0.1) is 29.7 Å². The van der Waals surface area contributed by atoms with Crippen LogP contribution in [-0.2, 0) is 33.1 Å². The minimum Gasteiger partial charge on any atom is -0.493 e. The van der Waals surface area contributed by atoms with Crippen molar-refractivity contribution in [3.8, 4) is 17.1 Å². The first kappa shape index (κ1) is 22.2. The first-order valence-corrected chi connectivity index (χ1v) is 12.0. The van der Waals surface area contributed by atoms with E-state index in [9.17, 15) is 18.0 Å². The van der Waals surface area contributed by atoms with Crippen LogP contribution in [0.15, 0.2) is 24.3 Å².